The van der Waals surface area contributed by atoms with Crippen LogP contribution in [0.2, 0.25) is 5.02 Å². The second-order valence-electron chi connectivity index (χ2n) is 8.58. The van der Waals surface area contributed by atoms with E-state index in [1.165, 1.54) is 30.3 Å². The van der Waals surface area contributed by atoms with Gasteiger partial charge in [-0.05, 0) is 69.5 Å². The summed E-state index contributed by atoms with van der Waals surface area (Å²) in [6.45, 7) is 5.98. The summed E-state index contributed by atoms with van der Waals surface area (Å²) in [5.74, 6) is -0.564. The summed E-state index contributed by atoms with van der Waals surface area (Å²) in [6, 6.07) is 8.89. The average Bonchev–Trinajstić information content (AvgIpc) is 3.10. The first-order valence-electron chi connectivity index (χ1n) is 9.91. The van der Waals surface area contributed by atoms with E-state index >= 15 is 0 Å². The smallest absolute Gasteiger partial charge is 0.411 e. The number of benzene rings is 2. The third-order valence-electron chi connectivity index (χ3n) is 4.85. The van der Waals surface area contributed by atoms with E-state index in [2.05, 4.69) is 5.32 Å². The van der Waals surface area contributed by atoms with Crippen LogP contribution in [0.4, 0.5) is 14.9 Å². The van der Waals surface area contributed by atoms with Crippen LogP contribution < -0.4 is 5.32 Å². The molecule has 0 unspecified atom stereocenters. The standard InChI is InChI=1S/C22H26ClFN2O4S/c1-22(2,3)30-21(27)26-11-5-6-20(26)25-19-10-8-15(31(4,28)29)13-16(19)14-7-9-18(24)17(23)12-14/h7-10,12-13,20,25H,5-6,11H2,1-4H3/t20-/m0/s1. The third kappa shape index (κ3) is 5.68. The summed E-state index contributed by atoms with van der Waals surface area (Å²) >= 11 is 5.96. The minimum absolute atomic E-state index is 0.0653. The third-order valence-corrected chi connectivity index (χ3v) is 6.25. The van der Waals surface area contributed by atoms with Crippen LogP contribution in [0.5, 0.6) is 0 Å². The number of carbonyl (C=O) groups is 1. The monoisotopic (exact) mass is 468 g/mol. The van der Waals surface area contributed by atoms with E-state index in [1.807, 2.05) is 20.8 Å². The highest BCUT2D eigenvalue weighted by Gasteiger charge is 2.32. The first-order valence-corrected chi connectivity index (χ1v) is 12.2. The van der Waals surface area contributed by atoms with Crippen molar-refractivity contribution in [1.29, 1.82) is 0 Å². The van der Waals surface area contributed by atoms with Crippen LogP contribution in [0, 0.1) is 5.82 Å². The Hall–Kier alpha value is -2.32. The maximum atomic E-state index is 13.7. The molecule has 1 heterocycles. The van der Waals surface area contributed by atoms with Gasteiger partial charge in [-0.15, -0.1) is 0 Å². The molecule has 1 amide bonds. The van der Waals surface area contributed by atoms with E-state index in [-0.39, 0.29) is 16.1 Å². The molecule has 2 aromatic rings. The quantitative estimate of drug-likeness (QED) is 0.657. The van der Waals surface area contributed by atoms with E-state index < -0.39 is 27.3 Å². The first-order chi connectivity index (χ1) is 14.3. The van der Waals surface area contributed by atoms with Crippen molar-refractivity contribution in [3.8, 4) is 11.1 Å². The number of hydrogen-bond donors (Lipinski definition) is 1. The summed E-state index contributed by atoms with van der Waals surface area (Å²) in [5, 5.41) is 3.27. The minimum atomic E-state index is -3.46. The lowest BCUT2D eigenvalue weighted by Crippen LogP contribution is -2.43. The van der Waals surface area contributed by atoms with E-state index in [9.17, 15) is 17.6 Å². The lowest BCUT2D eigenvalue weighted by Gasteiger charge is -2.30. The number of rotatable bonds is 4. The maximum Gasteiger partial charge on any atom is 0.411 e. The highest BCUT2D eigenvalue weighted by atomic mass is 35.5. The van der Waals surface area contributed by atoms with Gasteiger partial charge in [-0.25, -0.2) is 17.6 Å². The molecule has 1 fully saturated rings. The molecular weight excluding hydrogens is 443 g/mol. The van der Waals surface area contributed by atoms with Crippen LogP contribution in [0.25, 0.3) is 11.1 Å². The predicted octanol–water partition coefficient (Wildman–Crippen LogP) is 5.32. The Balaban J connectivity index is 1.98. The molecule has 1 aliphatic rings. The van der Waals surface area contributed by atoms with Crippen molar-refractivity contribution in [1.82, 2.24) is 4.90 Å². The van der Waals surface area contributed by atoms with Crippen LogP contribution in [0.3, 0.4) is 0 Å². The van der Waals surface area contributed by atoms with Crippen LogP contribution in [-0.2, 0) is 14.6 Å². The molecule has 1 N–H and O–H groups in total. The molecule has 9 heteroatoms. The van der Waals surface area contributed by atoms with Crippen molar-refractivity contribution in [2.24, 2.45) is 0 Å². The van der Waals surface area contributed by atoms with E-state index in [4.69, 9.17) is 16.3 Å². The molecule has 1 aliphatic heterocycles. The van der Waals surface area contributed by atoms with Gasteiger partial charge in [0.2, 0.25) is 0 Å². The summed E-state index contributed by atoms with van der Waals surface area (Å²) < 4.78 is 43.4. The lowest BCUT2D eigenvalue weighted by atomic mass is 10.0. The molecule has 168 valence electrons. The lowest BCUT2D eigenvalue weighted by molar-refractivity contribution is 0.0244. The zero-order valence-corrected chi connectivity index (χ0v) is 19.5. The second kappa shape index (κ2) is 8.67. The van der Waals surface area contributed by atoms with Gasteiger partial charge in [0.25, 0.3) is 0 Å². The largest absolute Gasteiger partial charge is 0.444 e. The Kier molecular flexibility index (Phi) is 6.53. The van der Waals surface area contributed by atoms with Crippen LogP contribution in [0.1, 0.15) is 33.6 Å². The van der Waals surface area contributed by atoms with E-state index in [0.29, 0.717) is 29.8 Å². The zero-order valence-electron chi connectivity index (χ0n) is 17.9. The zero-order chi connectivity index (χ0) is 23.0. The molecule has 3 rings (SSSR count). The molecule has 0 aliphatic carbocycles. The first kappa shape index (κ1) is 23.3. The molecule has 0 bridgehead atoms. The van der Waals surface area contributed by atoms with Gasteiger partial charge in [-0.1, -0.05) is 17.7 Å². The number of amides is 1. The van der Waals surface area contributed by atoms with Gasteiger partial charge >= 0.3 is 6.09 Å². The predicted molar refractivity (Wildman–Crippen MR) is 120 cm³/mol. The fraction of sp³-hybridized carbons (Fsp3) is 0.409. The van der Waals surface area contributed by atoms with Gasteiger partial charge in [0, 0.05) is 24.1 Å². The highest BCUT2D eigenvalue weighted by molar-refractivity contribution is 7.90. The van der Waals surface area contributed by atoms with Crippen molar-refractivity contribution in [2.75, 3.05) is 18.1 Å². The van der Waals surface area contributed by atoms with Crippen LogP contribution in [0.15, 0.2) is 41.3 Å². The summed E-state index contributed by atoms with van der Waals surface area (Å²) in [5.41, 5.74) is 1.09. The van der Waals surface area contributed by atoms with E-state index in [0.717, 1.165) is 12.7 Å². The SMILES string of the molecule is CC(C)(C)OC(=O)N1CCC[C@H]1Nc1ccc(S(C)(=O)=O)cc1-c1ccc(F)c(Cl)c1. The normalized spacial score (nSPS) is 17.0. The Labute approximate surface area is 187 Å². The molecular formula is C22H26ClFN2O4S. The van der Waals surface area contributed by atoms with Crippen LogP contribution >= 0.6 is 11.6 Å². The van der Waals surface area contributed by atoms with Crippen molar-refractivity contribution >= 4 is 33.2 Å². The number of nitrogens with one attached hydrogen (secondary N) is 1. The summed E-state index contributed by atoms with van der Waals surface area (Å²) in [7, 11) is -3.46. The molecule has 2 aromatic carbocycles. The molecule has 0 radical (unpaired) electrons. The number of halogens is 2. The van der Waals surface area contributed by atoms with Gasteiger partial charge in [0.1, 0.15) is 17.6 Å². The number of nitrogens with zero attached hydrogens (tertiary/aromatic N) is 1. The van der Waals surface area contributed by atoms with Crippen molar-refractivity contribution < 1.29 is 22.3 Å². The molecule has 0 aromatic heterocycles. The van der Waals surface area contributed by atoms with Gasteiger partial charge in [-0.3, -0.25) is 4.90 Å². The van der Waals surface area contributed by atoms with Crippen LogP contribution in [-0.4, -0.2) is 44.0 Å². The molecule has 0 spiro atoms. The number of likely N-dealkylation sites (tertiary alicyclic amines) is 1. The number of anilines is 1. The highest BCUT2D eigenvalue weighted by Crippen LogP contribution is 2.34. The van der Waals surface area contributed by atoms with E-state index in [1.54, 1.807) is 11.0 Å². The Bertz CT molecular complexity index is 1100. The summed E-state index contributed by atoms with van der Waals surface area (Å²) in [6.07, 6.45) is 1.89. The molecule has 1 atom stereocenters. The Morgan fingerprint density at radius 2 is 1.94 bits per heavy atom. The number of ether oxygens (including phenoxy) is 1. The average molecular weight is 469 g/mol. The molecule has 31 heavy (non-hydrogen) atoms. The Morgan fingerprint density at radius 1 is 1.23 bits per heavy atom. The minimum Gasteiger partial charge on any atom is -0.444 e. The Morgan fingerprint density at radius 3 is 2.55 bits per heavy atom. The van der Waals surface area contributed by atoms with Gasteiger partial charge in [0.15, 0.2) is 9.84 Å². The molecule has 6 nitrogen and oxygen atoms in total. The van der Waals surface area contributed by atoms with Gasteiger partial charge in [0.05, 0.1) is 9.92 Å². The van der Waals surface area contributed by atoms with Gasteiger partial charge in [-0.2, -0.15) is 0 Å². The van der Waals surface area contributed by atoms with Gasteiger partial charge < -0.3 is 10.1 Å². The molecule has 0 saturated carbocycles. The fourth-order valence-corrected chi connectivity index (χ4v) is 4.25. The topological polar surface area (TPSA) is 75.7 Å². The number of hydrogen-bond acceptors (Lipinski definition) is 5. The fourth-order valence-electron chi connectivity index (χ4n) is 3.42. The van der Waals surface area contributed by atoms with Crippen molar-refractivity contribution in [2.45, 2.75) is 50.3 Å². The summed E-state index contributed by atoms with van der Waals surface area (Å²) in [4.78, 5) is 14.4. The van der Waals surface area contributed by atoms with Crippen molar-refractivity contribution in [3.63, 3.8) is 0 Å². The number of carbonyl (C=O) groups excluding carboxylic acids is 1. The van der Waals surface area contributed by atoms with Crippen molar-refractivity contribution in [3.05, 3.63) is 47.2 Å². The molecule has 1 saturated heterocycles. The second-order valence-corrected chi connectivity index (χ2v) is 11.0. The maximum absolute atomic E-state index is 13.7. The number of sulfone groups is 1.